The molecule has 6 heteroatoms. The maximum absolute atomic E-state index is 5.71. The van der Waals surface area contributed by atoms with Crippen molar-refractivity contribution >= 4 is 5.95 Å². The van der Waals surface area contributed by atoms with Crippen molar-refractivity contribution in [3.05, 3.63) is 36.2 Å². The minimum atomic E-state index is 0.311. The normalized spacial score (nSPS) is 20.1. The third-order valence-corrected chi connectivity index (χ3v) is 3.92. The number of imidazole rings is 1. The summed E-state index contributed by atoms with van der Waals surface area (Å²) in [5.74, 6) is 1.43. The lowest BCUT2D eigenvalue weighted by atomic mass is 9.99. The minimum absolute atomic E-state index is 0.311. The predicted molar refractivity (Wildman–Crippen MR) is 76.7 cm³/mol. The molecule has 0 aromatic carbocycles. The number of piperidine rings is 1. The van der Waals surface area contributed by atoms with E-state index >= 15 is 0 Å². The van der Waals surface area contributed by atoms with Crippen molar-refractivity contribution < 1.29 is 0 Å². The molecule has 1 unspecified atom stereocenters. The minimum Gasteiger partial charge on any atom is -0.368 e. The summed E-state index contributed by atoms with van der Waals surface area (Å²) in [5.41, 5.74) is 6.73. The zero-order chi connectivity index (χ0) is 13.9. The molecule has 0 bridgehead atoms. The summed E-state index contributed by atoms with van der Waals surface area (Å²) in [5, 5.41) is 0. The highest BCUT2D eigenvalue weighted by atomic mass is 15.2. The van der Waals surface area contributed by atoms with Crippen LogP contribution in [0.15, 0.2) is 24.7 Å². The lowest BCUT2D eigenvalue weighted by Gasteiger charge is -2.35. The van der Waals surface area contributed by atoms with Crippen molar-refractivity contribution in [1.82, 2.24) is 24.4 Å². The SMILES string of the molecule is Cn1ccnc1CN1CCCCC1c1ccnc(N)n1. The number of rotatable bonds is 3. The molecule has 1 atom stereocenters. The number of nitrogens with zero attached hydrogens (tertiary/aromatic N) is 5. The fourth-order valence-electron chi connectivity index (χ4n) is 2.82. The van der Waals surface area contributed by atoms with E-state index in [-0.39, 0.29) is 0 Å². The third-order valence-electron chi connectivity index (χ3n) is 3.92. The first-order chi connectivity index (χ1) is 9.74. The van der Waals surface area contributed by atoms with E-state index in [1.165, 1.54) is 12.8 Å². The molecular formula is C14H20N6. The van der Waals surface area contributed by atoms with Gasteiger partial charge in [0.05, 0.1) is 18.3 Å². The molecule has 1 aliphatic heterocycles. The molecule has 0 spiro atoms. The maximum Gasteiger partial charge on any atom is 0.220 e. The van der Waals surface area contributed by atoms with Gasteiger partial charge in [-0.05, 0) is 25.5 Å². The van der Waals surface area contributed by atoms with Gasteiger partial charge in [0.2, 0.25) is 5.95 Å². The lowest BCUT2D eigenvalue weighted by Crippen LogP contribution is -2.34. The number of aromatic nitrogens is 4. The van der Waals surface area contributed by atoms with Crippen LogP contribution >= 0.6 is 0 Å². The van der Waals surface area contributed by atoms with Crippen LogP contribution in [0.25, 0.3) is 0 Å². The average molecular weight is 272 g/mol. The van der Waals surface area contributed by atoms with Gasteiger partial charge in [-0.25, -0.2) is 15.0 Å². The Bertz CT molecular complexity index is 579. The van der Waals surface area contributed by atoms with Gasteiger partial charge in [0, 0.05) is 25.6 Å². The standard InChI is InChI=1S/C14H20N6/c1-19-9-7-16-13(19)10-20-8-3-2-4-12(20)11-5-6-17-14(15)18-11/h5-7,9,12H,2-4,8,10H2,1H3,(H2,15,17,18). The van der Waals surface area contributed by atoms with Gasteiger partial charge in [-0.1, -0.05) is 6.42 Å². The molecule has 1 aliphatic rings. The van der Waals surface area contributed by atoms with Crippen LogP contribution in [0.3, 0.4) is 0 Å². The van der Waals surface area contributed by atoms with Gasteiger partial charge >= 0.3 is 0 Å². The van der Waals surface area contributed by atoms with E-state index in [2.05, 4.69) is 24.4 Å². The van der Waals surface area contributed by atoms with Gasteiger partial charge in [0.1, 0.15) is 5.82 Å². The zero-order valence-corrected chi connectivity index (χ0v) is 11.7. The summed E-state index contributed by atoms with van der Waals surface area (Å²) in [7, 11) is 2.03. The summed E-state index contributed by atoms with van der Waals surface area (Å²) in [6.07, 6.45) is 9.13. The molecule has 0 amide bonds. The summed E-state index contributed by atoms with van der Waals surface area (Å²) in [4.78, 5) is 15.2. The molecule has 2 aromatic heterocycles. The molecule has 0 radical (unpaired) electrons. The van der Waals surface area contributed by atoms with Crippen LogP contribution < -0.4 is 5.73 Å². The Morgan fingerprint density at radius 2 is 2.20 bits per heavy atom. The maximum atomic E-state index is 5.71. The summed E-state index contributed by atoms with van der Waals surface area (Å²) in [6.45, 7) is 1.92. The van der Waals surface area contributed by atoms with E-state index in [9.17, 15) is 0 Å². The van der Waals surface area contributed by atoms with Crippen LogP contribution in [-0.4, -0.2) is 31.0 Å². The Morgan fingerprint density at radius 1 is 1.30 bits per heavy atom. The molecular weight excluding hydrogens is 252 g/mol. The second kappa shape index (κ2) is 5.58. The first kappa shape index (κ1) is 13.1. The van der Waals surface area contributed by atoms with Gasteiger partial charge in [0.15, 0.2) is 0 Å². The first-order valence-corrected chi connectivity index (χ1v) is 7.02. The van der Waals surface area contributed by atoms with Gasteiger partial charge < -0.3 is 10.3 Å². The molecule has 1 saturated heterocycles. The lowest BCUT2D eigenvalue weighted by molar-refractivity contribution is 0.132. The molecule has 3 rings (SSSR count). The zero-order valence-electron chi connectivity index (χ0n) is 11.7. The predicted octanol–water partition coefficient (Wildman–Crippen LogP) is 1.52. The van der Waals surface area contributed by atoms with Crippen LogP contribution in [0.1, 0.15) is 36.8 Å². The smallest absolute Gasteiger partial charge is 0.220 e. The fraction of sp³-hybridized carbons (Fsp3) is 0.500. The van der Waals surface area contributed by atoms with E-state index < -0.39 is 0 Å². The van der Waals surface area contributed by atoms with Crippen molar-refractivity contribution in [2.75, 3.05) is 12.3 Å². The van der Waals surface area contributed by atoms with Crippen molar-refractivity contribution in [1.29, 1.82) is 0 Å². The largest absolute Gasteiger partial charge is 0.368 e. The monoisotopic (exact) mass is 272 g/mol. The van der Waals surface area contributed by atoms with Gasteiger partial charge in [0.25, 0.3) is 0 Å². The second-order valence-corrected chi connectivity index (χ2v) is 5.28. The molecule has 6 nitrogen and oxygen atoms in total. The number of aryl methyl sites for hydroxylation is 1. The number of hydrogen-bond acceptors (Lipinski definition) is 5. The fourth-order valence-corrected chi connectivity index (χ4v) is 2.82. The average Bonchev–Trinajstić information content (AvgIpc) is 2.85. The highest BCUT2D eigenvalue weighted by Gasteiger charge is 2.26. The van der Waals surface area contributed by atoms with E-state index in [1.807, 2.05) is 25.5 Å². The second-order valence-electron chi connectivity index (χ2n) is 5.28. The highest BCUT2D eigenvalue weighted by Crippen LogP contribution is 2.30. The Hall–Kier alpha value is -1.95. The molecule has 2 aromatic rings. The highest BCUT2D eigenvalue weighted by molar-refractivity contribution is 5.20. The summed E-state index contributed by atoms with van der Waals surface area (Å²) < 4.78 is 2.07. The number of nitrogens with two attached hydrogens (primary N) is 1. The number of hydrogen-bond donors (Lipinski definition) is 1. The summed E-state index contributed by atoms with van der Waals surface area (Å²) in [6, 6.07) is 2.28. The van der Waals surface area contributed by atoms with E-state index in [4.69, 9.17) is 5.73 Å². The van der Waals surface area contributed by atoms with E-state index in [1.54, 1.807) is 6.20 Å². The van der Waals surface area contributed by atoms with Crippen molar-refractivity contribution in [3.63, 3.8) is 0 Å². The van der Waals surface area contributed by atoms with Crippen molar-refractivity contribution in [2.45, 2.75) is 31.8 Å². The van der Waals surface area contributed by atoms with E-state index in [0.29, 0.717) is 12.0 Å². The number of anilines is 1. The molecule has 2 N–H and O–H groups in total. The van der Waals surface area contributed by atoms with Crippen LogP contribution in [0.4, 0.5) is 5.95 Å². The molecule has 0 aliphatic carbocycles. The molecule has 1 fully saturated rings. The third kappa shape index (κ3) is 2.65. The molecule has 3 heterocycles. The Kier molecular flexibility index (Phi) is 3.64. The Balaban J connectivity index is 1.82. The summed E-state index contributed by atoms with van der Waals surface area (Å²) >= 11 is 0. The van der Waals surface area contributed by atoms with Gasteiger partial charge in [-0.2, -0.15) is 0 Å². The van der Waals surface area contributed by atoms with Crippen LogP contribution in [0.2, 0.25) is 0 Å². The molecule has 106 valence electrons. The van der Waals surface area contributed by atoms with Crippen LogP contribution in [0, 0.1) is 0 Å². The van der Waals surface area contributed by atoms with Crippen LogP contribution in [-0.2, 0) is 13.6 Å². The molecule has 20 heavy (non-hydrogen) atoms. The van der Waals surface area contributed by atoms with Crippen molar-refractivity contribution in [3.8, 4) is 0 Å². The molecule has 0 saturated carbocycles. The van der Waals surface area contributed by atoms with Gasteiger partial charge in [-0.15, -0.1) is 0 Å². The Morgan fingerprint density at radius 3 is 2.95 bits per heavy atom. The van der Waals surface area contributed by atoms with Crippen LogP contribution in [0.5, 0.6) is 0 Å². The quantitative estimate of drug-likeness (QED) is 0.917. The Labute approximate surface area is 118 Å². The number of likely N-dealkylation sites (tertiary alicyclic amines) is 1. The topological polar surface area (TPSA) is 72.9 Å². The number of nitrogen functional groups attached to an aromatic ring is 1. The first-order valence-electron chi connectivity index (χ1n) is 7.02. The van der Waals surface area contributed by atoms with E-state index in [0.717, 1.165) is 31.0 Å². The van der Waals surface area contributed by atoms with Crippen molar-refractivity contribution in [2.24, 2.45) is 7.05 Å². The van der Waals surface area contributed by atoms with Gasteiger partial charge in [-0.3, -0.25) is 4.90 Å².